The molecule has 0 amide bonds. The highest BCUT2D eigenvalue weighted by Crippen LogP contribution is 2.58. The van der Waals surface area contributed by atoms with E-state index in [4.69, 9.17) is 0 Å². The van der Waals surface area contributed by atoms with E-state index >= 15 is 0 Å². The fraction of sp³-hybridized carbons (Fsp3) is 1.00. The van der Waals surface area contributed by atoms with Gasteiger partial charge < -0.3 is 5.32 Å². The van der Waals surface area contributed by atoms with Crippen molar-refractivity contribution in [3.8, 4) is 0 Å². The van der Waals surface area contributed by atoms with Gasteiger partial charge in [-0.2, -0.15) is 0 Å². The average Bonchev–Trinajstić information content (AvgIpc) is 2.97. The normalized spacial score (nSPS) is 43.7. The number of fused-ring (bicyclic) bond motifs is 5. The molecule has 6 unspecified atom stereocenters. The van der Waals surface area contributed by atoms with Crippen LogP contribution < -0.4 is 5.32 Å². The van der Waals surface area contributed by atoms with Crippen LogP contribution in [-0.2, 0) is 0 Å². The van der Waals surface area contributed by atoms with Crippen LogP contribution in [0.25, 0.3) is 0 Å². The highest BCUT2D eigenvalue weighted by Gasteiger charge is 2.53. The molecule has 2 bridgehead atoms. The first-order valence-electron chi connectivity index (χ1n) is 8.38. The second kappa shape index (κ2) is 5.15. The van der Waals surface area contributed by atoms with Gasteiger partial charge in [-0.05, 0) is 74.2 Å². The van der Waals surface area contributed by atoms with Crippen molar-refractivity contribution < 1.29 is 0 Å². The topological polar surface area (TPSA) is 12.0 Å². The van der Waals surface area contributed by atoms with Crippen molar-refractivity contribution >= 4 is 0 Å². The Labute approximate surface area is 113 Å². The molecule has 0 saturated heterocycles. The third-order valence-electron chi connectivity index (χ3n) is 6.03. The molecule has 104 valence electrons. The largest absolute Gasteiger partial charge is 0.313 e. The van der Waals surface area contributed by atoms with Crippen molar-refractivity contribution in [2.45, 2.75) is 65.3 Å². The minimum absolute atomic E-state index is 0.848. The van der Waals surface area contributed by atoms with Crippen molar-refractivity contribution in [3.05, 3.63) is 0 Å². The van der Waals surface area contributed by atoms with Gasteiger partial charge >= 0.3 is 0 Å². The van der Waals surface area contributed by atoms with E-state index in [1.165, 1.54) is 25.8 Å². The summed E-state index contributed by atoms with van der Waals surface area (Å²) in [5, 5.41) is 3.93. The molecule has 0 aliphatic heterocycles. The van der Waals surface area contributed by atoms with Crippen LogP contribution in [-0.4, -0.2) is 12.6 Å². The van der Waals surface area contributed by atoms with Crippen LogP contribution in [0.5, 0.6) is 0 Å². The summed E-state index contributed by atoms with van der Waals surface area (Å²) >= 11 is 0. The van der Waals surface area contributed by atoms with Crippen molar-refractivity contribution in [1.82, 2.24) is 5.32 Å². The van der Waals surface area contributed by atoms with E-state index < -0.39 is 0 Å². The fourth-order valence-electron chi connectivity index (χ4n) is 5.54. The van der Waals surface area contributed by atoms with Crippen LogP contribution in [0.3, 0.4) is 0 Å². The van der Waals surface area contributed by atoms with Crippen molar-refractivity contribution in [2.75, 3.05) is 6.54 Å². The van der Waals surface area contributed by atoms with Gasteiger partial charge in [0.15, 0.2) is 0 Å². The van der Waals surface area contributed by atoms with E-state index in [2.05, 4.69) is 26.1 Å². The highest BCUT2D eigenvalue weighted by molar-refractivity contribution is 5.05. The molecule has 0 spiro atoms. The second-order valence-electron chi connectivity index (χ2n) is 7.90. The van der Waals surface area contributed by atoms with Gasteiger partial charge in [-0.3, -0.25) is 0 Å². The van der Waals surface area contributed by atoms with Gasteiger partial charge in [0.2, 0.25) is 0 Å². The Balaban J connectivity index is 1.48. The Morgan fingerprint density at radius 3 is 2.56 bits per heavy atom. The van der Waals surface area contributed by atoms with Crippen molar-refractivity contribution in [3.63, 3.8) is 0 Å². The molecule has 1 nitrogen and oxygen atoms in total. The second-order valence-corrected chi connectivity index (χ2v) is 7.90. The molecule has 3 aliphatic carbocycles. The van der Waals surface area contributed by atoms with Crippen LogP contribution in [0.2, 0.25) is 0 Å². The Kier molecular flexibility index (Phi) is 3.71. The predicted molar refractivity (Wildman–Crippen MR) is 77.5 cm³/mol. The van der Waals surface area contributed by atoms with E-state index in [0.29, 0.717) is 0 Å². The molecule has 0 aromatic carbocycles. The molecule has 0 heterocycles. The maximum Gasteiger partial charge on any atom is 0.0101 e. The van der Waals surface area contributed by atoms with Gasteiger partial charge in [0.1, 0.15) is 0 Å². The molecule has 3 saturated carbocycles. The van der Waals surface area contributed by atoms with Gasteiger partial charge in [0.05, 0.1) is 0 Å². The summed E-state index contributed by atoms with van der Waals surface area (Å²) in [6, 6.07) is 0.879. The first-order valence-corrected chi connectivity index (χ1v) is 8.38. The molecule has 0 aromatic rings. The highest BCUT2D eigenvalue weighted by atomic mass is 14.9. The summed E-state index contributed by atoms with van der Waals surface area (Å²) in [6.45, 7) is 8.36. The standard InChI is InChI=1S/C17H31N/c1-11(2)7-12(3)10-18-17-9-13-8-16(17)15-6-4-5-14(13)15/h11-18H,4-10H2,1-3H3. The number of nitrogens with one attached hydrogen (secondary N) is 1. The van der Waals surface area contributed by atoms with E-state index in [-0.39, 0.29) is 0 Å². The Morgan fingerprint density at radius 2 is 1.78 bits per heavy atom. The van der Waals surface area contributed by atoms with E-state index in [1.807, 2.05) is 0 Å². The van der Waals surface area contributed by atoms with Gasteiger partial charge in [-0.15, -0.1) is 0 Å². The Morgan fingerprint density at radius 1 is 1.00 bits per heavy atom. The Hall–Kier alpha value is -0.0400. The quantitative estimate of drug-likeness (QED) is 0.774. The smallest absolute Gasteiger partial charge is 0.0101 e. The molecule has 3 rings (SSSR count). The molecule has 0 radical (unpaired) electrons. The third-order valence-corrected chi connectivity index (χ3v) is 6.03. The summed E-state index contributed by atoms with van der Waals surface area (Å²) in [5.74, 6) is 6.10. The van der Waals surface area contributed by atoms with E-state index in [9.17, 15) is 0 Å². The lowest BCUT2D eigenvalue weighted by atomic mass is 9.79. The van der Waals surface area contributed by atoms with Gasteiger partial charge in [-0.1, -0.05) is 27.2 Å². The first kappa shape index (κ1) is 13.0. The zero-order valence-corrected chi connectivity index (χ0v) is 12.5. The predicted octanol–water partition coefficient (Wildman–Crippen LogP) is 4.08. The van der Waals surface area contributed by atoms with Crippen LogP contribution in [0.4, 0.5) is 0 Å². The number of hydrogen-bond acceptors (Lipinski definition) is 1. The minimum Gasteiger partial charge on any atom is -0.313 e. The first-order chi connectivity index (χ1) is 8.65. The molecule has 0 aromatic heterocycles. The number of hydrogen-bond donors (Lipinski definition) is 1. The molecule has 6 atom stereocenters. The molecule has 3 aliphatic rings. The summed E-state index contributed by atoms with van der Waals surface area (Å²) < 4.78 is 0. The zero-order valence-electron chi connectivity index (χ0n) is 12.5. The third kappa shape index (κ3) is 2.35. The minimum atomic E-state index is 0.848. The van der Waals surface area contributed by atoms with Crippen molar-refractivity contribution in [1.29, 1.82) is 0 Å². The molecular formula is C17H31N. The number of rotatable bonds is 5. The zero-order chi connectivity index (χ0) is 12.7. The molecule has 1 heteroatoms. The Bertz CT molecular complexity index is 285. The van der Waals surface area contributed by atoms with Gasteiger partial charge in [0.25, 0.3) is 0 Å². The maximum absolute atomic E-state index is 3.93. The van der Waals surface area contributed by atoms with Crippen LogP contribution >= 0.6 is 0 Å². The lowest BCUT2D eigenvalue weighted by Crippen LogP contribution is -2.41. The lowest BCUT2D eigenvalue weighted by molar-refractivity contribution is 0.202. The van der Waals surface area contributed by atoms with E-state index in [0.717, 1.165) is 41.5 Å². The maximum atomic E-state index is 3.93. The molecule has 18 heavy (non-hydrogen) atoms. The summed E-state index contributed by atoms with van der Waals surface area (Å²) in [6.07, 6.45) is 9.07. The molecule has 3 fully saturated rings. The average molecular weight is 249 g/mol. The summed E-state index contributed by atoms with van der Waals surface area (Å²) in [7, 11) is 0. The summed E-state index contributed by atoms with van der Waals surface area (Å²) in [5.41, 5.74) is 0. The fourth-order valence-corrected chi connectivity index (χ4v) is 5.54. The van der Waals surface area contributed by atoms with Crippen LogP contribution in [0, 0.1) is 35.5 Å². The summed E-state index contributed by atoms with van der Waals surface area (Å²) in [4.78, 5) is 0. The lowest BCUT2D eigenvalue weighted by Gasteiger charge is -2.33. The van der Waals surface area contributed by atoms with Crippen LogP contribution in [0.15, 0.2) is 0 Å². The van der Waals surface area contributed by atoms with Gasteiger partial charge in [0, 0.05) is 6.04 Å². The SMILES string of the molecule is CC(C)CC(C)CNC1CC2CC1C1CCCC21. The molecule has 1 N–H and O–H groups in total. The molecular weight excluding hydrogens is 218 g/mol. The van der Waals surface area contributed by atoms with E-state index in [1.54, 1.807) is 19.3 Å². The van der Waals surface area contributed by atoms with Crippen LogP contribution in [0.1, 0.15) is 59.3 Å². The van der Waals surface area contributed by atoms with Crippen molar-refractivity contribution in [2.24, 2.45) is 35.5 Å². The monoisotopic (exact) mass is 249 g/mol. The van der Waals surface area contributed by atoms with Gasteiger partial charge in [-0.25, -0.2) is 0 Å².